The van der Waals surface area contributed by atoms with Crippen LogP contribution in [0.5, 0.6) is 5.75 Å². The van der Waals surface area contributed by atoms with E-state index in [9.17, 15) is 4.39 Å². The summed E-state index contributed by atoms with van der Waals surface area (Å²) in [6.45, 7) is 4.56. The van der Waals surface area contributed by atoms with E-state index < -0.39 is 0 Å². The lowest BCUT2D eigenvalue weighted by molar-refractivity contribution is 0.308. The van der Waals surface area contributed by atoms with E-state index in [1.54, 1.807) is 19.1 Å². The molecule has 72 valence electrons. The first-order valence-corrected chi connectivity index (χ1v) is 4.63. The molecule has 0 heterocycles. The van der Waals surface area contributed by atoms with Crippen molar-refractivity contribution in [2.45, 2.75) is 26.7 Å². The Kier molecular flexibility index (Phi) is 3.74. The predicted octanol–water partition coefficient (Wildman–Crippen LogP) is 3.31. The number of benzene rings is 1. The zero-order valence-electron chi connectivity index (χ0n) is 8.14. The van der Waals surface area contributed by atoms with Crippen LogP contribution in [0.1, 0.15) is 25.3 Å². The monoisotopic (exact) mass is 182 g/mol. The molecule has 2 heteroatoms. The molecule has 0 aliphatic carbocycles. The van der Waals surface area contributed by atoms with Crippen molar-refractivity contribution in [3.8, 4) is 5.75 Å². The molecule has 0 bridgehead atoms. The summed E-state index contributed by atoms with van der Waals surface area (Å²) in [4.78, 5) is 0. The van der Waals surface area contributed by atoms with Gasteiger partial charge >= 0.3 is 0 Å². The Balaban J connectivity index is 2.53. The largest absolute Gasteiger partial charge is 0.494 e. The van der Waals surface area contributed by atoms with E-state index in [0.29, 0.717) is 12.2 Å². The van der Waals surface area contributed by atoms with Crippen LogP contribution >= 0.6 is 0 Å². The number of halogens is 1. The molecule has 0 unspecified atom stereocenters. The number of aryl methyl sites for hydroxylation is 1. The minimum absolute atomic E-state index is 0.178. The number of rotatable bonds is 4. The van der Waals surface area contributed by atoms with Gasteiger partial charge in [0.1, 0.15) is 11.6 Å². The van der Waals surface area contributed by atoms with Crippen molar-refractivity contribution in [1.82, 2.24) is 0 Å². The molecule has 1 aromatic carbocycles. The maximum absolute atomic E-state index is 12.8. The second-order valence-corrected chi connectivity index (χ2v) is 3.11. The Hall–Kier alpha value is -1.05. The number of hydrogen-bond acceptors (Lipinski definition) is 1. The van der Waals surface area contributed by atoms with Gasteiger partial charge in [-0.15, -0.1) is 0 Å². The van der Waals surface area contributed by atoms with Crippen LogP contribution in [-0.4, -0.2) is 6.61 Å². The van der Waals surface area contributed by atoms with Gasteiger partial charge in [0.05, 0.1) is 6.61 Å². The standard InChI is InChI=1S/C11H15FO/c1-3-4-7-13-10-5-6-11(12)9(2)8-10/h5-6,8H,3-4,7H2,1-2H3. The highest BCUT2D eigenvalue weighted by molar-refractivity contribution is 5.28. The molecule has 0 amide bonds. The van der Waals surface area contributed by atoms with Crippen molar-refractivity contribution in [3.63, 3.8) is 0 Å². The first-order chi connectivity index (χ1) is 6.24. The van der Waals surface area contributed by atoms with Gasteiger partial charge in [0.25, 0.3) is 0 Å². The fourth-order valence-electron chi connectivity index (χ4n) is 1.04. The smallest absolute Gasteiger partial charge is 0.126 e. The Bertz CT molecular complexity index is 271. The molecule has 0 fully saturated rings. The molecule has 0 aliphatic rings. The van der Waals surface area contributed by atoms with E-state index in [1.165, 1.54) is 6.07 Å². The summed E-state index contributed by atoms with van der Waals surface area (Å²) in [6, 6.07) is 4.83. The van der Waals surface area contributed by atoms with Crippen LogP contribution in [0.2, 0.25) is 0 Å². The summed E-state index contributed by atoms with van der Waals surface area (Å²) in [5, 5.41) is 0. The Morgan fingerprint density at radius 3 is 2.77 bits per heavy atom. The average Bonchev–Trinajstić information content (AvgIpc) is 2.12. The molecule has 1 nitrogen and oxygen atoms in total. The third kappa shape index (κ3) is 3.05. The van der Waals surface area contributed by atoms with Crippen LogP contribution in [0.25, 0.3) is 0 Å². The molecule has 1 aromatic rings. The van der Waals surface area contributed by atoms with Gasteiger partial charge in [-0.3, -0.25) is 0 Å². The van der Waals surface area contributed by atoms with Crippen molar-refractivity contribution in [1.29, 1.82) is 0 Å². The van der Waals surface area contributed by atoms with Gasteiger partial charge in [-0.1, -0.05) is 13.3 Å². The van der Waals surface area contributed by atoms with Crippen LogP contribution in [0.3, 0.4) is 0 Å². The summed E-state index contributed by atoms with van der Waals surface area (Å²) in [5.41, 5.74) is 0.633. The van der Waals surface area contributed by atoms with Crippen molar-refractivity contribution in [3.05, 3.63) is 29.6 Å². The van der Waals surface area contributed by atoms with Crippen molar-refractivity contribution < 1.29 is 9.13 Å². The van der Waals surface area contributed by atoms with E-state index >= 15 is 0 Å². The number of unbranched alkanes of at least 4 members (excludes halogenated alkanes) is 1. The summed E-state index contributed by atoms with van der Waals surface area (Å²) < 4.78 is 18.2. The molecule has 0 aromatic heterocycles. The molecule has 0 aliphatic heterocycles. The van der Waals surface area contributed by atoms with Crippen molar-refractivity contribution >= 4 is 0 Å². The fourth-order valence-corrected chi connectivity index (χ4v) is 1.04. The molecular formula is C11H15FO. The minimum Gasteiger partial charge on any atom is -0.494 e. The molecule has 0 radical (unpaired) electrons. The quantitative estimate of drug-likeness (QED) is 0.649. The first-order valence-electron chi connectivity index (χ1n) is 4.63. The van der Waals surface area contributed by atoms with Crippen LogP contribution in [0.4, 0.5) is 4.39 Å². The summed E-state index contributed by atoms with van der Waals surface area (Å²) in [5.74, 6) is 0.579. The summed E-state index contributed by atoms with van der Waals surface area (Å²) in [6.07, 6.45) is 2.15. The second-order valence-electron chi connectivity index (χ2n) is 3.11. The van der Waals surface area contributed by atoms with E-state index in [1.807, 2.05) is 0 Å². The van der Waals surface area contributed by atoms with E-state index in [2.05, 4.69) is 6.92 Å². The van der Waals surface area contributed by atoms with Crippen LogP contribution in [-0.2, 0) is 0 Å². The molecular weight excluding hydrogens is 167 g/mol. The number of ether oxygens (including phenoxy) is 1. The third-order valence-corrected chi connectivity index (χ3v) is 1.90. The van der Waals surface area contributed by atoms with Gasteiger partial charge in [-0.25, -0.2) is 4.39 Å². The van der Waals surface area contributed by atoms with Crippen molar-refractivity contribution in [2.75, 3.05) is 6.61 Å². The maximum Gasteiger partial charge on any atom is 0.126 e. The fraction of sp³-hybridized carbons (Fsp3) is 0.455. The average molecular weight is 182 g/mol. The lowest BCUT2D eigenvalue weighted by Gasteiger charge is -2.05. The predicted molar refractivity (Wildman–Crippen MR) is 51.5 cm³/mol. The molecule has 13 heavy (non-hydrogen) atoms. The highest BCUT2D eigenvalue weighted by Gasteiger charge is 1.98. The Labute approximate surface area is 78.5 Å². The number of hydrogen-bond donors (Lipinski definition) is 0. The topological polar surface area (TPSA) is 9.23 Å². The highest BCUT2D eigenvalue weighted by Crippen LogP contribution is 2.15. The third-order valence-electron chi connectivity index (χ3n) is 1.90. The molecule has 0 spiro atoms. The second kappa shape index (κ2) is 4.85. The summed E-state index contributed by atoms with van der Waals surface area (Å²) in [7, 11) is 0. The zero-order valence-corrected chi connectivity index (χ0v) is 8.14. The van der Waals surface area contributed by atoms with E-state index in [-0.39, 0.29) is 5.82 Å². The van der Waals surface area contributed by atoms with E-state index in [4.69, 9.17) is 4.74 Å². The highest BCUT2D eigenvalue weighted by atomic mass is 19.1. The Morgan fingerprint density at radius 1 is 1.38 bits per heavy atom. The molecule has 1 rings (SSSR count). The van der Waals surface area contributed by atoms with Gasteiger partial charge in [0.15, 0.2) is 0 Å². The van der Waals surface area contributed by atoms with Gasteiger partial charge in [0.2, 0.25) is 0 Å². The van der Waals surface area contributed by atoms with Crippen LogP contribution in [0.15, 0.2) is 18.2 Å². The minimum atomic E-state index is -0.178. The van der Waals surface area contributed by atoms with E-state index in [0.717, 1.165) is 18.6 Å². The van der Waals surface area contributed by atoms with Gasteiger partial charge < -0.3 is 4.74 Å². The Morgan fingerprint density at radius 2 is 2.15 bits per heavy atom. The SMILES string of the molecule is CCCCOc1ccc(F)c(C)c1. The van der Waals surface area contributed by atoms with Crippen LogP contribution in [0, 0.1) is 12.7 Å². The zero-order chi connectivity index (χ0) is 9.68. The van der Waals surface area contributed by atoms with Gasteiger partial charge in [0, 0.05) is 0 Å². The van der Waals surface area contributed by atoms with Gasteiger partial charge in [-0.2, -0.15) is 0 Å². The first kappa shape index (κ1) is 10.0. The van der Waals surface area contributed by atoms with Crippen molar-refractivity contribution in [2.24, 2.45) is 0 Å². The maximum atomic E-state index is 12.8. The molecule has 0 saturated heterocycles. The summed E-state index contributed by atoms with van der Waals surface area (Å²) >= 11 is 0. The van der Waals surface area contributed by atoms with Crippen LogP contribution < -0.4 is 4.74 Å². The normalized spacial score (nSPS) is 10.1. The van der Waals surface area contributed by atoms with Gasteiger partial charge in [-0.05, 0) is 37.1 Å². The lowest BCUT2D eigenvalue weighted by Crippen LogP contribution is -1.96. The lowest BCUT2D eigenvalue weighted by atomic mass is 10.2. The molecule has 0 N–H and O–H groups in total. The molecule has 0 atom stereocenters. The molecule has 0 saturated carbocycles.